The average molecular weight is 351 g/mol. The topological polar surface area (TPSA) is 27.7 Å². The van der Waals surface area contributed by atoms with Crippen LogP contribution in [-0.2, 0) is 20.3 Å². The van der Waals surface area contributed by atoms with Crippen LogP contribution < -0.4 is 0 Å². The van der Waals surface area contributed by atoms with Crippen molar-refractivity contribution in [1.29, 1.82) is 0 Å². The van der Waals surface area contributed by atoms with Crippen LogP contribution in [0.4, 0.5) is 0 Å². The Balaban J connectivity index is 1.94. The van der Waals surface area contributed by atoms with Crippen molar-refractivity contribution in [2.45, 2.75) is 83.6 Å². The van der Waals surface area contributed by atoms with Crippen molar-refractivity contribution in [3.05, 3.63) is 35.9 Å². The number of hydrogen-bond acceptors (Lipinski definition) is 3. The second kappa shape index (κ2) is 7.28. The van der Waals surface area contributed by atoms with E-state index in [2.05, 4.69) is 58.1 Å². The average Bonchev–Trinajstić information content (AvgIpc) is 2.72. The van der Waals surface area contributed by atoms with Gasteiger partial charge in [0, 0.05) is 13.0 Å². The first-order chi connectivity index (χ1) is 11.0. The largest absolute Gasteiger partial charge is 0.417 e. The van der Waals surface area contributed by atoms with Crippen LogP contribution in [-0.4, -0.2) is 32.9 Å². The highest BCUT2D eigenvalue weighted by atomic mass is 28.4. The van der Waals surface area contributed by atoms with Gasteiger partial charge in [0.25, 0.3) is 0 Å². The first kappa shape index (κ1) is 19.6. The van der Waals surface area contributed by atoms with E-state index < -0.39 is 14.1 Å². The Morgan fingerprint density at radius 1 is 1.04 bits per heavy atom. The van der Waals surface area contributed by atoms with Gasteiger partial charge in [-0.25, -0.2) is 0 Å². The van der Waals surface area contributed by atoms with Gasteiger partial charge < -0.3 is 13.9 Å². The predicted octanol–water partition coefficient (Wildman–Crippen LogP) is 5.16. The lowest BCUT2D eigenvalue weighted by molar-refractivity contribution is -0.147. The van der Waals surface area contributed by atoms with Crippen LogP contribution in [0.3, 0.4) is 0 Å². The summed E-state index contributed by atoms with van der Waals surface area (Å²) in [6, 6.07) is 10.5. The van der Waals surface area contributed by atoms with Crippen molar-refractivity contribution in [3.63, 3.8) is 0 Å². The molecule has 0 bridgehead atoms. The van der Waals surface area contributed by atoms with Crippen LogP contribution in [0.1, 0.15) is 46.6 Å². The third-order valence-electron chi connectivity index (χ3n) is 5.24. The molecule has 0 spiro atoms. The highest BCUT2D eigenvalue weighted by Gasteiger charge is 2.42. The summed E-state index contributed by atoms with van der Waals surface area (Å²) in [5, 5.41) is 0.239. The van der Waals surface area contributed by atoms with E-state index in [1.807, 2.05) is 19.9 Å². The van der Waals surface area contributed by atoms with Gasteiger partial charge in [0.2, 0.25) is 0 Å². The van der Waals surface area contributed by atoms with E-state index in [0.717, 1.165) is 19.4 Å². The number of hydrogen-bond donors (Lipinski definition) is 0. The van der Waals surface area contributed by atoms with Crippen molar-refractivity contribution in [3.8, 4) is 0 Å². The Kier molecular flexibility index (Phi) is 5.96. The lowest BCUT2D eigenvalue weighted by Crippen LogP contribution is -2.41. The molecule has 1 aliphatic heterocycles. The zero-order chi connectivity index (χ0) is 18.0. The van der Waals surface area contributed by atoms with E-state index >= 15 is 0 Å². The Labute approximate surface area is 148 Å². The van der Waals surface area contributed by atoms with E-state index in [9.17, 15) is 0 Å². The van der Waals surface area contributed by atoms with Gasteiger partial charge in [0.1, 0.15) is 0 Å². The predicted molar refractivity (Wildman–Crippen MR) is 102 cm³/mol. The van der Waals surface area contributed by atoms with Gasteiger partial charge in [-0.2, -0.15) is 0 Å². The van der Waals surface area contributed by atoms with Gasteiger partial charge >= 0.3 is 0 Å². The molecule has 24 heavy (non-hydrogen) atoms. The van der Waals surface area contributed by atoms with E-state index in [-0.39, 0.29) is 17.2 Å². The maximum atomic E-state index is 6.33. The summed E-state index contributed by atoms with van der Waals surface area (Å²) >= 11 is 0. The maximum absolute atomic E-state index is 6.33. The SMILES string of the molecule is CC1(C)O[C@@H](CCO[Si](C)(C)C(C)(C)C)[C@H](Cc2ccccc2)O1. The minimum absolute atomic E-state index is 0.0879. The molecule has 0 radical (unpaired) electrons. The van der Waals surface area contributed by atoms with Crippen molar-refractivity contribution < 1.29 is 13.9 Å². The van der Waals surface area contributed by atoms with Gasteiger partial charge in [-0.15, -0.1) is 0 Å². The monoisotopic (exact) mass is 350 g/mol. The molecular formula is C20H34O3Si. The minimum atomic E-state index is -1.71. The lowest BCUT2D eigenvalue weighted by atomic mass is 10.0. The summed E-state index contributed by atoms with van der Waals surface area (Å²) < 4.78 is 18.6. The summed E-state index contributed by atoms with van der Waals surface area (Å²) in [5.41, 5.74) is 1.29. The maximum Gasteiger partial charge on any atom is 0.191 e. The van der Waals surface area contributed by atoms with Gasteiger partial charge in [-0.3, -0.25) is 0 Å². The second-order valence-electron chi connectivity index (χ2n) is 8.80. The first-order valence-corrected chi connectivity index (χ1v) is 11.9. The van der Waals surface area contributed by atoms with Gasteiger partial charge in [-0.1, -0.05) is 51.1 Å². The Morgan fingerprint density at radius 3 is 2.21 bits per heavy atom. The van der Waals surface area contributed by atoms with Crippen LogP contribution in [0.2, 0.25) is 18.1 Å². The summed E-state index contributed by atoms with van der Waals surface area (Å²) in [7, 11) is -1.71. The lowest BCUT2D eigenvalue weighted by Gasteiger charge is -2.36. The van der Waals surface area contributed by atoms with E-state index in [1.165, 1.54) is 5.56 Å². The molecule has 3 nitrogen and oxygen atoms in total. The van der Waals surface area contributed by atoms with Crippen LogP contribution in [0.5, 0.6) is 0 Å². The molecule has 1 aromatic rings. The minimum Gasteiger partial charge on any atom is -0.417 e. The van der Waals surface area contributed by atoms with Crippen LogP contribution in [0.25, 0.3) is 0 Å². The summed E-state index contributed by atoms with van der Waals surface area (Å²) in [6.07, 6.45) is 1.94. The first-order valence-electron chi connectivity index (χ1n) is 9.04. The van der Waals surface area contributed by atoms with Crippen LogP contribution in [0.15, 0.2) is 30.3 Å². The highest BCUT2D eigenvalue weighted by molar-refractivity contribution is 6.74. The highest BCUT2D eigenvalue weighted by Crippen LogP contribution is 2.37. The molecule has 1 aliphatic rings. The number of rotatable bonds is 6. The van der Waals surface area contributed by atoms with E-state index in [1.54, 1.807) is 0 Å². The standard InChI is InChI=1S/C20H34O3Si/c1-19(2,3)24(6,7)21-14-13-17-18(23-20(4,5)22-17)15-16-11-9-8-10-12-16/h8-12,17-18H,13-15H2,1-7H3/t17-,18-/m0/s1. The molecule has 1 saturated heterocycles. The Bertz CT molecular complexity index is 519. The number of ether oxygens (including phenoxy) is 2. The van der Waals surface area contributed by atoms with Crippen molar-refractivity contribution in [2.24, 2.45) is 0 Å². The molecule has 1 fully saturated rings. The smallest absolute Gasteiger partial charge is 0.191 e. The molecule has 2 rings (SSSR count). The molecule has 136 valence electrons. The molecule has 0 aliphatic carbocycles. The fourth-order valence-corrected chi connectivity index (χ4v) is 3.88. The van der Waals surface area contributed by atoms with Crippen LogP contribution in [0, 0.1) is 0 Å². The zero-order valence-electron chi connectivity index (χ0n) is 16.4. The molecule has 1 aromatic carbocycles. The fourth-order valence-electron chi connectivity index (χ4n) is 2.82. The molecule has 4 heteroatoms. The molecule has 0 unspecified atom stereocenters. The molecular weight excluding hydrogens is 316 g/mol. The summed E-state index contributed by atoms with van der Waals surface area (Å²) in [5.74, 6) is -0.513. The van der Waals surface area contributed by atoms with Gasteiger partial charge in [0.05, 0.1) is 12.2 Å². The molecule has 0 amide bonds. The van der Waals surface area contributed by atoms with Gasteiger partial charge in [-0.05, 0) is 44.0 Å². The third kappa shape index (κ3) is 5.15. The van der Waals surface area contributed by atoms with Crippen molar-refractivity contribution in [1.82, 2.24) is 0 Å². The molecule has 2 atom stereocenters. The Hall–Kier alpha value is -0.683. The summed E-state index contributed by atoms with van der Waals surface area (Å²) in [4.78, 5) is 0. The molecule has 1 heterocycles. The van der Waals surface area contributed by atoms with E-state index in [4.69, 9.17) is 13.9 Å². The fraction of sp³-hybridized carbons (Fsp3) is 0.700. The quantitative estimate of drug-likeness (QED) is 0.663. The van der Waals surface area contributed by atoms with Crippen LogP contribution >= 0.6 is 0 Å². The van der Waals surface area contributed by atoms with Gasteiger partial charge in [0.15, 0.2) is 14.1 Å². The Morgan fingerprint density at radius 2 is 1.62 bits per heavy atom. The second-order valence-corrected chi connectivity index (χ2v) is 13.6. The molecule has 0 aromatic heterocycles. The van der Waals surface area contributed by atoms with Crippen molar-refractivity contribution in [2.75, 3.05) is 6.61 Å². The molecule has 0 saturated carbocycles. The molecule has 0 N–H and O–H groups in total. The normalized spacial score (nSPS) is 24.3. The van der Waals surface area contributed by atoms with Crippen molar-refractivity contribution >= 4 is 8.32 Å². The van der Waals surface area contributed by atoms with E-state index in [0.29, 0.717) is 0 Å². The zero-order valence-corrected chi connectivity index (χ0v) is 17.4. The summed E-state index contributed by atoms with van der Waals surface area (Å²) in [6.45, 7) is 16.2. The number of benzene rings is 1. The third-order valence-corrected chi connectivity index (χ3v) is 9.77.